The van der Waals surface area contributed by atoms with Crippen LogP contribution in [0.4, 0.5) is 0 Å². The molecule has 0 amide bonds. The van der Waals surface area contributed by atoms with Gasteiger partial charge in [-0.05, 0) is 45.6 Å². The third-order valence-corrected chi connectivity index (χ3v) is 5.15. The van der Waals surface area contributed by atoms with Crippen molar-refractivity contribution in [3.05, 3.63) is 0 Å². The first kappa shape index (κ1) is 13.8. The first-order valence-electron chi connectivity index (χ1n) is 7.77. The predicted octanol–water partition coefficient (Wildman–Crippen LogP) is 1.56. The summed E-state index contributed by atoms with van der Waals surface area (Å²) in [6.07, 6.45) is 6.22. The molecule has 4 nitrogen and oxygen atoms in total. The fraction of sp³-hybridized carbons (Fsp3) is 1.00. The topological polar surface area (TPSA) is 41.9 Å². The molecular weight excluding hydrogens is 242 g/mol. The third-order valence-electron chi connectivity index (χ3n) is 5.15. The Morgan fingerprint density at radius 2 is 2.05 bits per heavy atom. The van der Waals surface area contributed by atoms with Crippen molar-refractivity contribution in [1.82, 2.24) is 4.90 Å². The van der Waals surface area contributed by atoms with E-state index in [1.165, 1.54) is 0 Å². The van der Waals surface area contributed by atoms with Crippen molar-refractivity contribution in [3.63, 3.8) is 0 Å². The van der Waals surface area contributed by atoms with Crippen LogP contribution in [-0.4, -0.2) is 60.2 Å². The van der Waals surface area contributed by atoms with Crippen LogP contribution < -0.4 is 0 Å². The standard InChI is InChI=1S/C15H27NO3/c1-14(17)4-2-7-16(8-5-14)13-3-9-19-15(11-13)6-10-18-12-15/h13,17H,2-12H2,1H3. The Bertz CT molecular complexity index is 313. The van der Waals surface area contributed by atoms with Gasteiger partial charge in [0.15, 0.2) is 0 Å². The van der Waals surface area contributed by atoms with Crippen molar-refractivity contribution in [2.45, 2.75) is 62.7 Å². The maximum atomic E-state index is 10.2. The maximum Gasteiger partial charge on any atom is 0.0951 e. The zero-order valence-electron chi connectivity index (χ0n) is 12.1. The normalized spacial score (nSPS) is 45.5. The van der Waals surface area contributed by atoms with Gasteiger partial charge in [0.05, 0.1) is 17.8 Å². The highest BCUT2D eigenvalue weighted by Crippen LogP contribution is 2.35. The largest absolute Gasteiger partial charge is 0.390 e. The summed E-state index contributed by atoms with van der Waals surface area (Å²) in [5.41, 5.74) is -0.466. The Morgan fingerprint density at radius 1 is 1.16 bits per heavy atom. The quantitative estimate of drug-likeness (QED) is 0.784. The van der Waals surface area contributed by atoms with E-state index >= 15 is 0 Å². The molecule has 3 saturated heterocycles. The Morgan fingerprint density at radius 3 is 2.84 bits per heavy atom. The fourth-order valence-electron chi connectivity index (χ4n) is 3.83. The summed E-state index contributed by atoms with van der Waals surface area (Å²) in [6, 6.07) is 0.615. The third kappa shape index (κ3) is 3.13. The molecule has 3 heterocycles. The molecular formula is C15H27NO3. The van der Waals surface area contributed by atoms with Crippen LogP contribution in [0.5, 0.6) is 0 Å². The van der Waals surface area contributed by atoms with Gasteiger partial charge < -0.3 is 19.5 Å². The van der Waals surface area contributed by atoms with E-state index in [1.54, 1.807) is 0 Å². The molecule has 1 N–H and O–H groups in total. The molecule has 0 aliphatic carbocycles. The highest BCUT2D eigenvalue weighted by molar-refractivity contribution is 4.94. The highest BCUT2D eigenvalue weighted by Gasteiger charge is 2.42. The van der Waals surface area contributed by atoms with E-state index in [9.17, 15) is 5.11 Å². The molecule has 1 spiro atoms. The van der Waals surface area contributed by atoms with Crippen LogP contribution in [0.2, 0.25) is 0 Å². The van der Waals surface area contributed by atoms with Gasteiger partial charge in [-0.15, -0.1) is 0 Å². The van der Waals surface area contributed by atoms with Crippen LogP contribution >= 0.6 is 0 Å². The van der Waals surface area contributed by atoms with Gasteiger partial charge in [-0.1, -0.05) is 0 Å². The minimum absolute atomic E-state index is 0.00224. The zero-order valence-corrected chi connectivity index (χ0v) is 12.1. The number of nitrogens with zero attached hydrogens (tertiary/aromatic N) is 1. The average molecular weight is 269 g/mol. The average Bonchev–Trinajstić information content (AvgIpc) is 2.72. The molecule has 0 aromatic heterocycles. The molecule has 0 bridgehead atoms. The van der Waals surface area contributed by atoms with E-state index in [1.807, 2.05) is 6.92 Å². The van der Waals surface area contributed by atoms with Gasteiger partial charge in [0.1, 0.15) is 0 Å². The Balaban J connectivity index is 1.62. The van der Waals surface area contributed by atoms with Crippen molar-refractivity contribution in [2.75, 3.05) is 32.9 Å². The summed E-state index contributed by atoms with van der Waals surface area (Å²) in [5, 5.41) is 10.2. The van der Waals surface area contributed by atoms with Gasteiger partial charge in [0.25, 0.3) is 0 Å². The molecule has 3 aliphatic rings. The first-order chi connectivity index (χ1) is 9.09. The van der Waals surface area contributed by atoms with Gasteiger partial charge in [-0.2, -0.15) is 0 Å². The van der Waals surface area contributed by atoms with E-state index < -0.39 is 5.60 Å². The van der Waals surface area contributed by atoms with Crippen molar-refractivity contribution >= 4 is 0 Å². The molecule has 3 rings (SSSR count). The number of aliphatic hydroxyl groups is 1. The summed E-state index contributed by atoms with van der Waals surface area (Å²) in [7, 11) is 0. The Labute approximate surface area is 116 Å². The summed E-state index contributed by atoms with van der Waals surface area (Å²) in [5.74, 6) is 0. The van der Waals surface area contributed by atoms with Crippen LogP contribution in [0.15, 0.2) is 0 Å². The minimum Gasteiger partial charge on any atom is -0.390 e. The second-order valence-corrected chi connectivity index (χ2v) is 6.87. The van der Waals surface area contributed by atoms with Gasteiger partial charge in [0, 0.05) is 32.2 Å². The molecule has 3 unspecified atom stereocenters. The highest BCUT2D eigenvalue weighted by atomic mass is 16.6. The maximum absolute atomic E-state index is 10.2. The van der Waals surface area contributed by atoms with E-state index in [-0.39, 0.29) is 5.60 Å². The fourth-order valence-corrected chi connectivity index (χ4v) is 3.83. The van der Waals surface area contributed by atoms with Crippen molar-refractivity contribution in [1.29, 1.82) is 0 Å². The van der Waals surface area contributed by atoms with Crippen LogP contribution in [0.3, 0.4) is 0 Å². The van der Waals surface area contributed by atoms with E-state index in [0.29, 0.717) is 6.04 Å². The number of ether oxygens (including phenoxy) is 2. The van der Waals surface area contributed by atoms with Crippen LogP contribution in [0, 0.1) is 0 Å². The predicted molar refractivity (Wildman–Crippen MR) is 73.2 cm³/mol. The van der Waals surface area contributed by atoms with Crippen LogP contribution in [-0.2, 0) is 9.47 Å². The van der Waals surface area contributed by atoms with Crippen molar-refractivity contribution in [3.8, 4) is 0 Å². The smallest absolute Gasteiger partial charge is 0.0951 e. The number of hydrogen-bond donors (Lipinski definition) is 1. The van der Waals surface area contributed by atoms with Crippen molar-refractivity contribution < 1.29 is 14.6 Å². The molecule has 0 aromatic rings. The molecule has 0 saturated carbocycles. The molecule has 3 aliphatic heterocycles. The minimum atomic E-state index is -0.464. The molecule has 0 aromatic carbocycles. The lowest BCUT2D eigenvalue weighted by atomic mass is 9.88. The zero-order chi connectivity index (χ0) is 13.3. The summed E-state index contributed by atoms with van der Waals surface area (Å²) in [6.45, 7) is 6.61. The molecule has 0 radical (unpaired) electrons. The molecule has 4 heteroatoms. The molecule has 3 fully saturated rings. The van der Waals surface area contributed by atoms with E-state index in [2.05, 4.69) is 4.90 Å². The van der Waals surface area contributed by atoms with E-state index in [4.69, 9.17) is 9.47 Å². The molecule has 110 valence electrons. The second kappa shape index (κ2) is 5.32. The number of rotatable bonds is 1. The van der Waals surface area contributed by atoms with Crippen LogP contribution in [0.1, 0.15) is 45.4 Å². The lowest BCUT2D eigenvalue weighted by molar-refractivity contribution is -0.106. The lowest BCUT2D eigenvalue weighted by Crippen LogP contribution is -2.49. The first-order valence-corrected chi connectivity index (χ1v) is 7.77. The molecule has 3 atom stereocenters. The summed E-state index contributed by atoms with van der Waals surface area (Å²) in [4.78, 5) is 2.59. The van der Waals surface area contributed by atoms with Crippen molar-refractivity contribution in [2.24, 2.45) is 0 Å². The van der Waals surface area contributed by atoms with E-state index in [0.717, 1.165) is 71.4 Å². The van der Waals surface area contributed by atoms with Gasteiger partial charge in [0.2, 0.25) is 0 Å². The number of likely N-dealkylation sites (tertiary alicyclic amines) is 1. The second-order valence-electron chi connectivity index (χ2n) is 6.87. The number of hydrogen-bond acceptors (Lipinski definition) is 4. The lowest BCUT2D eigenvalue weighted by Gasteiger charge is -2.42. The van der Waals surface area contributed by atoms with Gasteiger partial charge >= 0.3 is 0 Å². The van der Waals surface area contributed by atoms with Gasteiger partial charge in [-0.3, -0.25) is 0 Å². The molecule has 19 heavy (non-hydrogen) atoms. The summed E-state index contributed by atoms with van der Waals surface area (Å²) < 4.78 is 11.6. The SMILES string of the molecule is CC1(O)CCCN(C2CCOC3(CCOC3)C2)CC1. The Hall–Kier alpha value is -0.160. The Kier molecular flexibility index (Phi) is 3.87. The monoisotopic (exact) mass is 269 g/mol. The van der Waals surface area contributed by atoms with Gasteiger partial charge in [-0.25, -0.2) is 0 Å². The summed E-state index contributed by atoms with van der Waals surface area (Å²) >= 11 is 0. The van der Waals surface area contributed by atoms with Crippen LogP contribution in [0.25, 0.3) is 0 Å².